The molecule has 4 aromatic rings. The van der Waals surface area contributed by atoms with Crippen molar-refractivity contribution in [3.63, 3.8) is 0 Å². The summed E-state index contributed by atoms with van der Waals surface area (Å²) in [6.07, 6.45) is -9.06. The molecule has 0 atom stereocenters. The van der Waals surface area contributed by atoms with Gasteiger partial charge in [-0.15, -0.1) is 0 Å². The Labute approximate surface area is 226 Å². The fourth-order valence-electron chi connectivity index (χ4n) is 3.49. The highest BCUT2D eigenvalue weighted by Crippen LogP contribution is 2.34. The van der Waals surface area contributed by atoms with Crippen molar-refractivity contribution in [3.8, 4) is 5.75 Å². The number of fused-ring (bicyclic) bond motifs is 2. The summed E-state index contributed by atoms with van der Waals surface area (Å²) in [6, 6.07) is 7.73. The van der Waals surface area contributed by atoms with Gasteiger partial charge in [0.2, 0.25) is 0 Å². The number of aromatic nitrogens is 2. The average molecular weight is 586 g/mol. The molecular weight excluding hydrogens is 566 g/mol. The van der Waals surface area contributed by atoms with E-state index in [0.29, 0.717) is 5.39 Å². The maximum atomic E-state index is 12.7. The van der Waals surface area contributed by atoms with Crippen LogP contribution in [0, 0.1) is 0 Å². The van der Waals surface area contributed by atoms with Gasteiger partial charge < -0.3 is 24.3 Å². The van der Waals surface area contributed by atoms with Gasteiger partial charge in [-0.3, -0.25) is 4.79 Å². The van der Waals surface area contributed by atoms with E-state index in [4.69, 9.17) is 14.6 Å². The van der Waals surface area contributed by atoms with Crippen LogP contribution in [-0.2, 0) is 21.8 Å². The molecule has 0 saturated carbocycles. The molecule has 2 aromatic carbocycles. The summed E-state index contributed by atoms with van der Waals surface area (Å²) in [5.41, 5.74) is -3.11. The van der Waals surface area contributed by atoms with Gasteiger partial charge in [-0.25, -0.2) is 14.6 Å². The van der Waals surface area contributed by atoms with Gasteiger partial charge in [0.15, 0.2) is 11.1 Å². The van der Waals surface area contributed by atoms with Crippen molar-refractivity contribution in [1.29, 1.82) is 0 Å². The van der Waals surface area contributed by atoms with E-state index in [-0.39, 0.29) is 46.8 Å². The third-order valence-corrected chi connectivity index (χ3v) is 5.43. The molecule has 0 amide bonds. The molecule has 0 radical (unpaired) electrons. The number of benzene rings is 2. The fourth-order valence-corrected chi connectivity index (χ4v) is 3.49. The molecule has 2 heterocycles. The lowest BCUT2D eigenvalue weighted by atomic mass is 10.1. The summed E-state index contributed by atoms with van der Waals surface area (Å²) in [7, 11) is 2.57. The number of methoxy groups -OCH3 is 2. The van der Waals surface area contributed by atoms with Crippen LogP contribution in [0.25, 0.3) is 21.8 Å². The molecule has 2 aromatic heterocycles. The van der Waals surface area contributed by atoms with Crippen LogP contribution in [0.5, 0.6) is 5.75 Å². The number of nitrogens with zero attached hydrogens (tertiary/aromatic N) is 1. The van der Waals surface area contributed by atoms with E-state index in [2.05, 4.69) is 14.7 Å². The van der Waals surface area contributed by atoms with E-state index in [9.17, 15) is 40.7 Å². The summed E-state index contributed by atoms with van der Waals surface area (Å²) in [5, 5.41) is 9.37. The number of carboxylic acids is 1. The Morgan fingerprint density at radius 1 is 0.878 bits per heavy atom. The van der Waals surface area contributed by atoms with Gasteiger partial charge in [-0.2, -0.15) is 26.3 Å². The predicted octanol–water partition coefficient (Wildman–Crippen LogP) is 5.31. The Bertz CT molecular complexity index is 1650. The van der Waals surface area contributed by atoms with Crippen molar-refractivity contribution < 1.29 is 55.2 Å². The topological polar surface area (TPSA) is 128 Å². The normalized spacial score (nSPS) is 11.6. The number of halogens is 6. The summed E-state index contributed by atoms with van der Waals surface area (Å²) < 4.78 is 90.5. The van der Waals surface area contributed by atoms with Crippen molar-refractivity contribution in [2.45, 2.75) is 12.4 Å². The molecule has 4 rings (SSSR count). The summed E-state index contributed by atoms with van der Waals surface area (Å²) in [4.78, 5) is 40.2. The SMILES string of the molecule is COC(=O)c1cc(=O)c2ccc(C(F)(F)F)cc2[nH]1.COCCOc1cc(C(=O)O)nc2cc(C(F)(F)F)ccc12. The van der Waals surface area contributed by atoms with Crippen molar-refractivity contribution in [2.24, 2.45) is 0 Å². The van der Waals surface area contributed by atoms with Crippen LogP contribution in [0.4, 0.5) is 26.3 Å². The number of hydrogen-bond acceptors (Lipinski definition) is 7. The zero-order chi connectivity index (χ0) is 30.5. The first-order chi connectivity index (χ1) is 19.1. The van der Waals surface area contributed by atoms with Gasteiger partial charge in [0.05, 0.1) is 35.9 Å². The number of pyridine rings is 2. The molecule has 218 valence electrons. The lowest BCUT2D eigenvalue weighted by Gasteiger charge is -2.12. The molecule has 2 N–H and O–H groups in total. The second-order valence-corrected chi connectivity index (χ2v) is 8.18. The zero-order valence-electron chi connectivity index (χ0n) is 21.1. The second kappa shape index (κ2) is 12.2. The van der Waals surface area contributed by atoms with Crippen molar-refractivity contribution in [1.82, 2.24) is 9.97 Å². The number of esters is 1. The molecule has 0 fully saturated rings. The number of carboxylic acid groups (broad SMARTS) is 1. The number of alkyl halides is 6. The first-order valence-corrected chi connectivity index (χ1v) is 11.3. The van der Waals surface area contributed by atoms with Crippen molar-refractivity contribution in [3.05, 3.63) is 81.3 Å². The second-order valence-electron chi connectivity index (χ2n) is 8.18. The zero-order valence-corrected chi connectivity index (χ0v) is 21.1. The number of aromatic carboxylic acids is 1. The summed E-state index contributed by atoms with van der Waals surface area (Å²) in [5.74, 6) is -2.03. The number of carbonyl (C=O) groups excluding carboxylic acids is 1. The average Bonchev–Trinajstić information content (AvgIpc) is 2.91. The van der Waals surface area contributed by atoms with Crippen LogP contribution in [0.15, 0.2) is 53.3 Å². The van der Waals surface area contributed by atoms with E-state index in [1.54, 1.807) is 0 Å². The summed E-state index contributed by atoms with van der Waals surface area (Å²) >= 11 is 0. The number of carbonyl (C=O) groups is 2. The maximum absolute atomic E-state index is 12.7. The molecule has 0 aliphatic rings. The molecule has 0 aliphatic carbocycles. The Morgan fingerprint density at radius 2 is 1.49 bits per heavy atom. The monoisotopic (exact) mass is 586 g/mol. The first kappa shape index (κ1) is 30.9. The number of rotatable bonds is 6. The molecule has 41 heavy (non-hydrogen) atoms. The minimum Gasteiger partial charge on any atom is -0.490 e. The largest absolute Gasteiger partial charge is 0.490 e. The lowest BCUT2D eigenvalue weighted by molar-refractivity contribution is -0.138. The van der Waals surface area contributed by atoms with Crippen LogP contribution in [0.1, 0.15) is 32.1 Å². The van der Waals surface area contributed by atoms with E-state index < -0.39 is 40.8 Å². The quantitative estimate of drug-likeness (QED) is 0.177. The molecular formula is C26H20F6N2O7. The Morgan fingerprint density at radius 3 is 2.05 bits per heavy atom. The first-order valence-electron chi connectivity index (χ1n) is 11.3. The van der Waals surface area contributed by atoms with Gasteiger partial charge in [-0.05, 0) is 36.4 Å². The molecule has 0 bridgehead atoms. The number of H-pyrrole nitrogens is 1. The number of ether oxygens (including phenoxy) is 3. The smallest absolute Gasteiger partial charge is 0.416 e. The number of nitrogens with one attached hydrogen (secondary N) is 1. The summed E-state index contributed by atoms with van der Waals surface area (Å²) in [6.45, 7) is 0.391. The van der Waals surface area contributed by atoms with Gasteiger partial charge in [0.1, 0.15) is 18.1 Å². The number of aromatic amines is 1. The van der Waals surface area contributed by atoms with Gasteiger partial charge in [0, 0.05) is 30.0 Å². The van der Waals surface area contributed by atoms with Gasteiger partial charge >= 0.3 is 24.3 Å². The third kappa shape index (κ3) is 7.51. The van der Waals surface area contributed by atoms with Gasteiger partial charge in [-0.1, -0.05) is 0 Å². The van der Waals surface area contributed by atoms with Crippen LogP contribution in [0.2, 0.25) is 0 Å². The highest BCUT2D eigenvalue weighted by Gasteiger charge is 2.31. The van der Waals surface area contributed by atoms with Crippen LogP contribution >= 0.6 is 0 Å². The highest BCUT2D eigenvalue weighted by molar-refractivity contribution is 5.93. The number of hydrogen-bond donors (Lipinski definition) is 2. The Balaban J connectivity index is 0.000000228. The predicted molar refractivity (Wildman–Crippen MR) is 132 cm³/mol. The lowest BCUT2D eigenvalue weighted by Crippen LogP contribution is -2.12. The molecule has 0 aliphatic heterocycles. The molecule has 15 heteroatoms. The van der Waals surface area contributed by atoms with E-state index in [1.807, 2.05) is 0 Å². The third-order valence-electron chi connectivity index (χ3n) is 5.43. The molecule has 0 unspecified atom stereocenters. The van der Waals surface area contributed by atoms with E-state index in [0.717, 1.165) is 43.5 Å². The van der Waals surface area contributed by atoms with Crippen LogP contribution in [0.3, 0.4) is 0 Å². The molecule has 0 spiro atoms. The Hall–Kier alpha value is -4.66. The minimum absolute atomic E-state index is 0.0669. The minimum atomic E-state index is -4.54. The van der Waals surface area contributed by atoms with Crippen molar-refractivity contribution in [2.75, 3.05) is 27.4 Å². The molecule has 0 saturated heterocycles. The van der Waals surface area contributed by atoms with E-state index >= 15 is 0 Å². The standard InChI is InChI=1S/C14H12F3NO4.C12H8F3NO3/c1-21-4-5-22-12-7-11(13(19)20)18-10-6-8(14(15,16)17)2-3-9(10)12;1-19-11(18)9-5-10(17)7-3-2-6(12(13,14)15)4-8(7)16-9/h2-3,6-7H,4-5H2,1H3,(H,19,20);2-5H,1H3,(H,16,17). The highest BCUT2D eigenvalue weighted by atomic mass is 19.4. The van der Waals surface area contributed by atoms with Gasteiger partial charge in [0.25, 0.3) is 0 Å². The molecule has 9 nitrogen and oxygen atoms in total. The fraction of sp³-hybridized carbons (Fsp3) is 0.231. The van der Waals surface area contributed by atoms with Crippen LogP contribution in [-0.4, -0.2) is 54.4 Å². The maximum Gasteiger partial charge on any atom is 0.416 e. The van der Waals surface area contributed by atoms with E-state index in [1.165, 1.54) is 19.2 Å². The van der Waals surface area contributed by atoms with Crippen molar-refractivity contribution >= 4 is 33.7 Å². The Kier molecular flexibility index (Phi) is 9.22. The van der Waals surface area contributed by atoms with Crippen LogP contribution < -0.4 is 10.2 Å².